The number of methoxy groups -OCH3 is 1. The zero-order chi connectivity index (χ0) is 21.0. The molecule has 2 aromatic carbocycles. The number of carbonyl (C=O) groups excluding carboxylic acids is 2. The highest BCUT2D eigenvalue weighted by Gasteiger charge is 2.45. The van der Waals surface area contributed by atoms with Gasteiger partial charge in [0, 0.05) is 19.2 Å². The van der Waals surface area contributed by atoms with Crippen LogP contribution in [0.5, 0.6) is 5.75 Å². The predicted molar refractivity (Wildman–Crippen MR) is 110 cm³/mol. The lowest BCUT2D eigenvalue weighted by atomic mass is 9.95. The molecule has 0 spiro atoms. The minimum Gasteiger partial charge on any atom is -0.507 e. The lowest BCUT2D eigenvalue weighted by Crippen LogP contribution is -2.32. The fourth-order valence-corrected chi connectivity index (χ4v) is 3.43. The zero-order valence-corrected chi connectivity index (χ0v) is 16.8. The lowest BCUT2D eigenvalue weighted by Gasteiger charge is -2.25. The van der Waals surface area contributed by atoms with Crippen LogP contribution in [0, 0.1) is 6.92 Å². The van der Waals surface area contributed by atoms with Gasteiger partial charge in [0.15, 0.2) is 0 Å². The molecule has 1 unspecified atom stereocenters. The summed E-state index contributed by atoms with van der Waals surface area (Å²) >= 11 is 0. The van der Waals surface area contributed by atoms with Crippen LogP contribution in [0.4, 0.5) is 0 Å². The summed E-state index contributed by atoms with van der Waals surface area (Å²) in [6.07, 6.45) is 0. The predicted octanol–water partition coefficient (Wildman–Crippen LogP) is 3.46. The molecule has 152 valence electrons. The maximum atomic E-state index is 12.8. The average molecular weight is 395 g/mol. The largest absolute Gasteiger partial charge is 0.507 e. The molecule has 1 aliphatic rings. The van der Waals surface area contributed by atoms with Gasteiger partial charge in [0.2, 0.25) is 0 Å². The number of aliphatic hydroxyl groups is 1. The second kappa shape index (κ2) is 8.92. The van der Waals surface area contributed by atoms with Gasteiger partial charge in [-0.15, -0.1) is 0 Å². The lowest BCUT2D eigenvalue weighted by molar-refractivity contribution is -0.140. The number of carbonyl (C=O) groups is 2. The maximum Gasteiger partial charge on any atom is 0.295 e. The van der Waals surface area contributed by atoms with Gasteiger partial charge in [0.25, 0.3) is 11.7 Å². The number of aryl methyl sites for hydroxylation is 1. The summed E-state index contributed by atoms with van der Waals surface area (Å²) in [5.74, 6) is -0.821. The Kier molecular flexibility index (Phi) is 6.34. The van der Waals surface area contributed by atoms with Gasteiger partial charge in [-0.1, -0.05) is 42.0 Å². The van der Waals surface area contributed by atoms with Gasteiger partial charge in [0.05, 0.1) is 24.8 Å². The topological polar surface area (TPSA) is 76.1 Å². The molecule has 1 fully saturated rings. The van der Waals surface area contributed by atoms with Crippen molar-refractivity contribution < 1.29 is 24.2 Å². The van der Waals surface area contributed by atoms with Crippen molar-refractivity contribution >= 4 is 17.4 Å². The standard InChI is InChI=1S/C23H25NO5/c1-4-29-18-11-9-16(10-12-18)20-19(21(25)17-7-5-15(2)6-8-17)22(26)23(27)24(20)13-14-28-3/h5-12,20,25H,4,13-14H2,1-3H3/b21-19-. The highest BCUT2D eigenvalue weighted by atomic mass is 16.5. The third-order valence-electron chi connectivity index (χ3n) is 4.91. The first-order chi connectivity index (χ1) is 14.0. The molecule has 29 heavy (non-hydrogen) atoms. The van der Waals surface area contributed by atoms with E-state index in [1.165, 1.54) is 12.0 Å². The van der Waals surface area contributed by atoms with E-state index >= 15 is 0 Å². The Labute approximate surface area is 170 Å². The molecule has 1 saturated heterocycles. The molecular formula is C23H25NO5. The minimum atomic E-state index is -0.696. The Morgan fingerprint density at radius 2 is 1.72 bits per heavy atom. The van der Waals surface area contributed by atoms with Crippen LogP contribution >= 0.6 is 0 Å². The van der Waals surface area contributed by atoms with Crippen LogP contribution in [0.15, 0.2) is 54.1 Å². The van der Waals surface area contributed by atoms with Crippen LogP contribution in [0.3, 0.4) is 0 Å². The third kappa shape index (κ3) is 4.17. The molecule has 3 rings (SSSR count). The number of nitrogens with zero attached hydrogens (tertiary/aromatic N) is 1. The summed E-state index contributed by atoms with van der Waals surface area (Å²) in [5.41, 5.74) is 2.33. The molecule has 1 aliphatic heterocycles. The minimum absolute atomic E-state index is 0.0825. The number of aliphatic hydroxyl groups excluding tert-OH is 1. The van der Waals surface area contributed by atoms with Crippen LogP contribution in [-0.2, 0) is 14.3 Å². The van der Waals surface area contributed by atoms with Crippen LogP contribution < -0.4 is 4.74 Å². The molecule has 0 bridgehead atoms. The summed E-state index contributed by atoms with van der Waals surface area (Å²) in [6, 6.07) is 13.7. The van der Waals surface area contributed by atoms with Gasteiger partial charge in [0.1, 0.15) is 11.5 Å². The molecule has 0 aromatic heterocycles. The van der Waals surface area contributed by atoms with Gasteiger partial charge in [-0.05, 0) is 31.5 Å². The number of hydrogen-bond acceptors (Lipinski definition) is 5. The highest BCUT2D eigenvalue weighted by molar-refractivity contribution is 6.46. The molecule has 1 atom stereocenters. The van der Waals surface area contributed by atoms with Crippen molar-refractivity contribution in [1.29, 1.82) is 0 Å². The smallest absolute Gasteiger partial charge is 0.295 e. The number of benzene rings is 2. The SMILES string of the molecule is CCOc1ccc(C2/C(=C(/O)c3ccc(C)cc3)C(=O)C(=O)N2CCOC)cc1. The van der Waals surface area contributed by atoms with Crippen molar-refractivity contribution in [2.75, 3.05) is 26.9 Å². The first kappa shape index (κ1) is 20.6. The van der Waals surface area contributed by atoms with Crippen LogP contribution in [-0.4, -0.2) is 48.6 Å². The number of amides is 1. The average Bonchev–Trinajstić information content (AvgIpc) is 2.98. The van der Waals surface area contributed by atoms with Gasteiger partial charge in [-0.2, -0.15) is 0 Å². The van der Waals surface area contributed by atoms with Crippen molar-refractivity contribution in [1.82, 2.24) is 4.90 Å². The fourth-order valence-electron chi connectivity index (χ4n) is 3.43. The van der Waals surface area contributed by atoms with Crippen LogP contribution in [0.2, 0.25) is 0 Å². The molecule has 1 heterocycles. The molecule has 0 saturated carbocycles. The van der Waals surface area contributed by atoms with E-state index in [-0.39, 0.29) is 24.5 Å². The van der Waals surface area contributed by atoms with Gasteiger partial charge in [-0.25, -0.2) is 0 Å². The van der Waals surface area contributed by atoms with Crippen molar-refractivity contribution in [3.05, 3.63) is 70.8 Å². The second-order valence-corrected chi connectivity index (χ2v) is 6.85. The van der Waals surface area contributed by atoms with E-state index in [1.54, 1.807) is 24.3 Å². The van der Waals surface area contributed by atoms with E-state index in [4.69, 9.17) is 9.47 Å². The van der Waals surface area contributed by atoms with Crippen molar-refractivity contribution in [2.24, 2.45) is 0 Å². The molecular weight excluding hydrogens is 370 g/mol. The Hall–Kier alpha value is -3.12. The molecule has 0 aliphatic carbocycles. The van der Waals surface area contributed by atoms with Crippen molar-refractivity contribution in [2.45, 2.75) is 19.9 Å². The zero-order valence-electron chi connectivity index (χ0n) is 16.8. The Balaban J connectivity index is 2.10. The number of ketones is 1. The second-order valence-electron chi connectivity index (χ2n) is 6.85. The number of ether oxygens (including phenoxy) is 2. The summed E-state index contributed by atoms with van der Waals surface area (Å²) in [6.45, 7) is 4.90. The quantitative estimate of drug-likeness (QED) is 0.441. The molecule has 6 nitrogen and oxygen atoms in total. The van der Waals surface area contributed by atoms with Crippen LogP contribution in [0.25, 0.3) is 5.76 Å². The van der Waals surface area contributed by atoms with E-state index in [2.05, 4.69) is 0 Å². The number of Topliss-reactive ketones (excluding diaryl/α,β-unsaturated/α-hetero) is 1. The Morgan fingerprint density at radius 3 is 2.31 bits per heavy atom. The van der Waals surface area contributed by atoms with E-state index in [1.807, 2.05) is 38.1 Å². The van der Waals surface area contributed by atoms with E-state index in [0.29, 0.717) is 17.9 Å². The van der Waals surface area contributed by atoms with E-state index in [9.17, 15) is 14.7 Å². The number of hydrogen-bond donors (Lipinski definition) is 1. The van der Waals surface area contributed by atoms with Gasteiger partial charge in [-0.3, -0.25) is 9.59 Å². The normalized spacial score (nSPS) is 18.3. The Morgan fingerprint density at radius 1 is 1.07 bits per heavy atom. The number of likely N-dealkylation sites (tertiary alicyclic amines) is 1. The molecule has 2 aromatic rings. The van der Waals surface area contributed by atoms with E-state index in [0.717, 1.165) is 11.1 Å². The molecule has 6 heteroatoms. The maximum absolute atomic E-state index is 12.8. The summed E-state index contributed by atoms with van der Waals surface area (Å²) in [7, 11) is 1.54. The van der Waals surface area contributed by atoms with Crippen molar-refractivity contribution in [3.63, 3.8) is 0 Å². The molecule has 0 radical (unpaired) electrons. The van der Waals surface area contributed by atoms with Gasteiger partial charge < -0.3 is 19.5 Å². The third-order valence-corrected chi connectivity index (χ3v) is 4.91. The van der Waals surface area contributed by atoms with Crippen LogP contribution in [0.1, 0.15) is 29.7 Å². The first-order valence-electron chi connectivity index (χ1n) is 9.55. The molecule has 1 amide bonds. The fraction of sp³-hybridized carbons (Fsp3) is 0.304. The monoisotopic (exact) mass is 395 g/mol. The molecule has 1 N–H and O–H groups in total. The summed E-state index contributed by atoms with van der Waals surface area (Å²) in [4.78, 5) is 27.0. The summed E-state index contributed by atoms with van der Waals surface area (Å²) in [5, 5.41) is 10.9. The number of rotatable bonds is 7. The van der Waals surface area contributed by atoms with Gasteiger partial charge >= 0.3 is 0 Å². The highest BCUT2D eigenvalue weighted by Crippen LogP contribution is 2.39. The van der Waals surface area contributed by atoms with E-state index < -0.39 is 17.7 Å². The summed E-state index contributed by atoms with van der Waals surface area (Å²) < 4.78 is 10.6. The van der Waals surface area contributed by atoms with Crippen molar-refractivity contribution in [3.8, 4) is 5.75 Å². The first-order valence-corrected chi connectivity index (χ1v) is 9.55. The Bertz CT molecular complexity index is 915.